The molecule has 0 amide bonds. The lowest BCUT2D eigenvalue weighted by Crippen LogP contribution is -2.15. The second-order valence-electron chi connectivity index (χ2n) is 5.08. The quantitative estimate of drug-likeness (QED) is 0.746. The van der Waals surface area contributed by atoms with Crippen molar-refractivity contribution < 1.29 is 8.42 Å². The molecule has 0 aliphatic heterocycles. The van der Waals surface area contributed by atoms with E-state index in [4.69, 9.17) is 0 Å². The molecule has 0 saturated heterocycles. The van der Waals surface area contributed by atoms with Gasteiger partial charge in [0, 0.05) is 5.56 Å². The van der Waals surface area contributed by atoms with Crippen molar-refractivity contribution in [3.05, 3.63) is 66.0 Å². The largest absolute Gasteiger partial charge is 0.284 e. The number of hydrogen-bond acceptors (Lipinski definition) is 4. The second-order valence-corrected chi connectivity index (χ2v) is 6.84. The van der Waals surface area contributed by atoms with Gasteiger partial charge in [0.2, 0.25) is 0 Å². The molecule has 3 rings (SSSR count). The van der Waals surface area contributed by atoms with Gasteiger partial charge in [0.05, 0.1) is 4.90 Å². The SMILES string of the molecule is Cc1ccc(S(=O)(=O)n2cnc(-c3ccccc3)n2)c(C)c1. The van der Waals surface area contributed by atoms with Gasteiger partial charge < -0.3 is 0 Å². The van der Waals surface area contributed by atoms with Crippen LogP contribution in [-0.2, 0) is 10.0 Å². The van der Waals surface area contributed by atoms with E-state index in [9.17, 15) is 8.42 Å². The molecule has 0 unspecified atom stereocenters. The van der Waals surface area contributed by atoms with Gasteiger partial charge in [-0.3, -0.25) is 0 Å². The van der Waals surface area contributed by atoms with Gasteiger partial charge in [-0.2, -0.15) is 8.42 Å². The maximum Gasteiger partial charge on any atom is 0.284 e. The third-order valence-electron chi connectivity index (χ3n) is 3.36. The summed E-state index contributed by atoms with van der Waals surface area (Å²) in [5, 5.41) is 4.11. The van der Waals surface area contributed by atoms with Crippen molar-refractivity contribution in [3.63, 3.8) is 0 Å². The van der Waals surface area contributed by atoms with Crippen molar-refractivity contribution in [2.75, 3.05) is 0 Å². The van der Waals surface area contributed by atoms with Crippen LogP contribution < -0.4 is 0 Å². The molecule has 1 heterocycles. The third kappa shape index (κ3) is 2.53. The fourth-order valence-corrected chi connectivity index (χ4v) is 3.54. The zero-order valence-corrected chi connectivity index (χ0v) is 13.1. The standard InChI is InChI=1S/C16H15N3O2S/c1-12-8-9-15(13(2)10-12)22(20,21)19-11-17-16(18-19)14-6-4-3-5-7-14/h3-11H,1-2H3. The minimum atomic E-state index is -3.73. The van der Waals surface area contributed by atoms with Crippen molar-refractivity contribution in [2.24, 2.45) is 0 Å². The Hall–Kier alpha value is -2.47. The molecule has 0 aliphatic rings. The minimum Gasteiger partial charge on any atom is -0.214 e. The summed E-state index contributed by atoms with van der Waals surface area (Å²) in [5.41, 5.74) is 2.48. The summed E-state index contributed by atoms with van der Waals surface area (Å²) in [5.74, 6) is 0.383. The van der Waals surface area contributed by atoms with Crippen LogP contribution in [0.25, 0.3) is 11.4 Å². The lowest BCUT2D eigenvalue weighted by molar-refractivity contribution is 0.579. The lowest BCUT2D eigenvalue weighted by Gasteiger charge is -2.07. The van der Waals surface area contributed by atoms with Crippen LogP contribution >= 0.6 is 0 Å². The van der Waals surface area contributed by atoms with E-state index in [0.29, 0.717) is 11.4 Å². The first-order chi connectivity index (χ1) is 10.5. The molecular formula is C16H15N3O2S. The monoisotopic (exact) mass is 313 g/mol. The maximum atomic E-state index is 12.7. The van der Waals surface area contributed by atoms with Crippen molar-refractivity contribution in [2.45, 2.75) is 18.7 Å². The Morgan fingerprint density at radius 3 is 2.41 bits per heavy atom. The molecule has 6 heteroatoms. The van der Waals surface area contributed by atoms with E-state index in [0.717, 1.165) is 15.2 Å². The highest BCUT2D eigenvalue weighted by Gasteiger charge is 2.21. The third-order valence-corrected chi connectivity index (χ3v) is 5.04. The van der Waals surface area contributed by atoms with E-state index >= 15 is 0 Å². The van der Waals surface area contributed by atoms with E-state index in [1.807, 2.05) is 43.3 Å². The normalized spacial score (nSPS) is 11.5. The number of rotatable bonds is 3. The van der Waals surface area contributed by atoms with Crippen molar-refractivity contribution in [1.29, 1.82) is 0 Å². The molecule has 0 aliphatic carbocycles. The summed E-state index contributed by atoms with van der Waals surface area (Å²) in [6.45, 7) is 3.70. The Morgan fingerprint density at radius 2 is 1.73 bits per heavy atom. The van der Waals surface area contributed by atoms with Gasteiger partial charge in [-0.25, -0.2) is 4.98 Å². The topological polar surface area (TPSA) is 64.8 Å². The maximum absolute atomic E-state index is 12.7. The fraction of sp³-hybridized carbons (Fsp3) is 0.125. The predicted molar refractivity (Wildman–Crippen MR) is 84.0 cm³/mol. The van der Waals surface area contributed by atoms with Gasteiger partial charge in [0.25, 0.3) is 10.0 Å². The Balaban J connectivity index is 2.05. The second kappa shape index (κ2) is 5.38. The van der Waals surface area contributed by atoms with Crippen LogP contribution in [0.4, 0.5) is 0 Å². The van der Waals surface area contributed by atoms with Crippen molar-refractivity contribution >= 4 is 10.0 Å². The zero-order chi connectivity index (χ0) is 15.7. The number of benzene rings is 2. The average molecular weight is 313 g/mol. The van der Waals surface area contributed by atoms with Crippen LogP contribution in [0.15, 0.2) is 59.8 Å². The average Bonchev–Trinajstić information content (AvgIpc) is 2.98. The Bertz CT molecular complexity index is 916. The molecule has 0 bridgehead atoms. The molecule has 0 saturated carbocycles. The molecule has 5 nitrogen and oxygen atoms in total. The van der Waals surface area contributed by atoms with Gasteiger partial charge >= 0.3 is 0 Å². The van der Waals surface area contributed by atoms with Gasteiger partial charge in [-0.1, -0.05) is 48.0 Å². The van der Waals surface area contributed by atoms with Gasteiger partial charge in [-0.05, 0) is 25.5 Å². The number of hydrogen-bond donors (Lipinski definition) is 0. The van der Waals surface area contributed by atoms with Crippen molar-refractivity contribution in [1.82, 2.24) is 14.2 Å². The van der Waals surface area contributed by atoms with E-state index in [2.05, 4.69) is 10.1 Å². The van der Waals surface area contributed by atoms with Gasteiger partial charge in [0.1, 0.15) is 6.33 Å². The Morgan fingerprint density at radius 1 is 1.00 bits per heavy atom. The minimum absolute atomic E-state index is 0.239. The van der Waals surface area contributed by atoms with Crippen molar-refractivity contribution in [3.8, 4) is 11.4 Å². The van der Waals surface area contributed by atoms with Crippen LogP contribution in [-0.4, -0.2) is 22.6 Å². The number of aryl methyl sites for hydroxylation is 2. The summed E-state index contributed by atoms with van der Waals surface area (Å²) in [6.07, 6.45) is 1.23. The fourth-order valence-electron chi connectivity index (χ4n) is 2.27. The summed E-state index contributed by atoms with van der Waals surface area (Å²) < 4.78 is 26.3. The number of nitrogens with zero attached hydrogens (tertiary/aromatic N) is 3. The molecule has 112 valence electrons. The highest BCUT2D eigenvalue weighted by atomic mass is 32.2. The highest BCUT2D eigenvalue weighted by molar-refractivity contribution is 7.89. The van der Waals surface area contributed by atoms with E-state index in [-0.39, 0.29) is 4.90 Å². The summed E-state index contributed by atoms with van der Waals surface area (Å²) in [4.78, 5) is 4.34. The molecule has 3 aromatic rings. The predicted octanol–water partition coefficient (Wildman–Crippen LogP) is 2.80. The van der Waals surface area contributed by atoms with Crippen LogP contribution in [0, 0.1) is 13.8 Å². The smallest absolute Gasteiger partial charge is 0.214 e. The molecule has 22 heavy (non-hydrogen) atoms. The van der Waals surface area contributed by atoms with Crippen LogP contribution in [0.5, 0.6) is 0 Å². The molecule has 0 fully saturated rings. The Kier molecular flexibility index (Phi) is 3.54. The molecule has 0 N–H and O–H groups in total. The van der Waals surface area contributed by atoms with Crippen LogP contribution in [0.1, 0.15) is 11.1 Å². The first kappa shape index (κ1) is 14.5. The summed E-state index contributed by atoms with van der Waals surface area (Å²) >= 11 is 0. The van der Waals surface area contributed by atoms with E-state index < -0.39 is 10.0 Å². The summed E-state index contributed by atoms with van der Waals surface area (Å²) in [7, 11) is -3.73. The summed E-state index contributed by atoms with van der Waals surface area (Å²) in [6, 6.07) is 14.5. The van der Waals surface area contributed by atoms with E-state index in [1.165, 1.54) is 6.33 Å². The Labute approximate surface area is 129 Å². The van der Waals surface area contributed by atoms with E-state index in [1.54, 1.807) is 19.1 Å². The molecule has 0 atom stereocenters. The lowest BCUT2D eigenvalue weighted by atomic mass is 10.2. The molecule has 0 spiro atoms. The first-order valence-electron chi connectivity index (χ1n) is 6.78. The molecule has 0 radical (unpaired) electrons. The van der Waals surface area contributed by atoms with Crippen LogP contribution in [0.2, 0.25) is 0 Å². The van der Waals surface area contributed by atoms with Crippen LogP contribution in [0.3, 0.4) is 0 Å². The number of aromatic nitrogens is 3. The zero-order valence-electron chi connectivity index (χ0n) is 12.3. The highest BCUT2D eigenvalue weighted by Crippen LogP contribution is 2.20. The van der Waals surface area contributed by atoms with Gasteiger partial charge in [-0.15, -0.1) is 9.19 Å². The van der Waals surface area contributed by atoms with Gasteiger partial charge in [0.15, 0.2) is 5.82 Å². The molecule has 2 aromatic carbocycles. The molecule has 1 aromatic heterocycles. The molecular weight excluding hydrogens is 298 g/mol. The first-order valence-corrected chi connectivity index (χ1v) is 8.22.